The minimum atomic E-state index is -0.233. The van der Waals surface area contributed by atoms with E-state index in [2.05, 4.69) is 31.3 Å². The van der Waals surface area contributed by atoms with Gasteiger partial charge in [-0.2, -0.15) is 5.10 Å². The van der Waals surface area contributed by atoms with E-state index in [0.717, 1.165) is 41.3 Å². The molecule has 2 heterocycles. The van der Waals surface area contributed by atoms with Gasteiger partial charge in [0.1, 0.15) is 11.6 Å². The first-order valence-electron chi connectivity index (χ1n) is 7.83. The van der Waals surface area contributed by atoms with E-state index in [-0.39, 0.29) is 5.82 Å². The predicted octanol–water partition coefficient (Wildman–Crippen LogP) is 4.26. The smallest absolute Gasteiger partial charge is 0.133 e. The summed E-state index contributed by atoms with van der Waals surface area (Å²) >= 11 is 0. The van der Waals surface area contributed by atoms with Crippen LogP contribution in [0.25, 0.3) is 16.9 Å². The van der Waals surface area contributed by atoms with Crippen molar-refractivity contribution in [3.05, 3.63) is 65.0 Å². The van der Waals surface area contributed by atoms with E-state index in [1.165, 1.54) is 17.2 Å². The number of nitrogens with one attached hydrogen (secondary N) is 1. The number of benzene rings is 2. The van der Waals surface area contributed by atoms with E-state index in [9.17, 15) is 4.39 Å². The molecule has 0 aliphatic carbocycles. The molecule has 116 valence electrons. The normalized spacial score (nSPS) is 13.0. The summed E-state index contributed by atoms with van der Waals surface area (Å²) in [5.41, 5.74) is 6.36. The Bertz CT molecular complexity index is 896. The van der Waals surface area contributed by atoms with Gasteiger partial charge in [0.25, 0.3) is 0 Å². The molecular formula is C19H18FN3. The lowest BCUT2D eigenvalue weighted by molar-refractivity contribution is 0.628. The summed E-state index contributed by atoms with van der Waals surface area (Å²) in [6, 6.07) is 12.9. The molecule has 0 fully saturated rings. The SMILES string of the molecule is Cc1cccc(-n2nc(-c3cccc(F)c3)c3c2NCC3)c1C. The average molecular weight is 307 g/mol. The van der Waals surface area contributed by atoms with E-state index in [1.807, 2.05) is 16.8 Å². The van der Waals surface area contributed by atoms with Crippen LogP contribution < -0.4 is 5.32 Å². The molecule has 3 nitrogen and oxygen atoms in total. The fourth-order valence-electron chi connectivity index (χ4n) is 3.18. The number of halogens is 1. The van der Waals surface area contributed by atoms with Gasteiger partial charge in [-0.1, -0.05) is 24.3 Å². The van der Waals surface area contributed by atoms with Crippen LogP contribution in [0.5, 0.6) is 0 Å². The second-order valence-electron chi connectivity index (χ2n) is 5.99. The largest absolute Gasteiger partial charge is 0.369 e. The topological polar surface area (TPSA) is 29.9 Å². The summed E-state index contributed by atoms with van der Waals surface area (Å²) in [6.45, 7) is 5.10. The molecule has 0 spiro atoms. The molecule has 4 heteroatoms. The zero-order valence-electron chi connectivity index (χ0n) is 13.2. The van der Waals surface area contributed by atoms with Crippen LogP contribution in [0.15, 0.2) is 42.5 Å². The van der Waals surface area contributed by atoms with Crippen LogP contribution >= 0.6 is 0 Å². The lowest BCUT2D eigenvalue weighted by Gasteiger charge is -2.11. The quantitative estimate of drug-likeness (QED) is 0.766. The lowest BCUT2D eigenvalue weighted by atomic mass is 10.1. The molecular weight excluding hydrogens is 289 g/mol. The van der Waals surface area contributed by atoms with Crippen LogP contribution in [0.4, 0.5) is 10.2 Å². The molecule has 4 rings (SSSR count). The third kappa shape index (κ3) is 2.22. The number of anilines is 1. The van der Waals surface area contributed by atoms with Gasteiger partial charge in [-0.15, -0.1) is 0 Å². The Balaban J connectivity index is 1.93. The zero-order valence-corrected chi connectivity index (χ0v) is 13.2. The molecule has 1 aromatic heterocycles. The minimum absolute atomic E-state index is 0.233. The van der Waals surface area contributed by atoms with Gasteiger partial charge in [0.2, 0.25) is 0 Å². The van der Waals surface area contributed by atoms with E-state index >= 15 is 0 Å². The van der Waals surface area contributed by atoms with Gasteiger partial charge in [0.05, 0.1) is 11.4 Å². The van der Waals surface area contributed by atoms with E-state index < -0.39 is 0 Å². The molecule has 0 bridgehead atoms. The molecule has 0 atom stereocenters. The maximum atomic E-state index is 13.6. The van der Waals surface area contributed by atoms with Crippen molar-refractivity contribution in [3.63, 3.8) is 0 Å². The molecule has 23 heavy (non-hydrogen) atoms. The molecule has 0 amide bonds. The second kappa shape index (κ2) is 5.23. The number of hydrogen-bond acceptors (Lipinski definition) is 2. The molecule has 3 aromatic rings. The highest BCUT2D eigenvalue weighted by Gasteiger charge is 2.24. The van der Waals surface area contributed by atoms with Crippen LogP contribution in [0.3, 0.4) is 0 Å². The van der Waals surface area contributed by atoms with Crippen LogP contribution in [-0.4, -0.2) is 16.3 Å². The Morgan fingerprint density at radius 2 is 1.96 bits per heavy atom. The first-order chi connectivity index (χ1) is 11.1. The van der Waals surface area contributed by atoms with Crippen molar-refractivity contribution in [3.8, 4) is 16.9 Å². The summed E-state index contributed by atoms with van der Waals surface area (Å²) in [5, 5.41) is 8.23. The average Bonchev–Trinajstić information content (AvgIpc) is 3.12. The number of fused-ring (bicyclic) bond motifs is 1. The van der Waals surface area contributed by atoms with Crippen LogP contribution in [0, 0.1) is 19.7 Å². The van der Waals surface area contributed by atoms with Crippen LogP contribution in [0.2, 0.25) is 0 Å². The van der Waals surface area contributed by atoms with Crippen molar-refractivity contribution in [1.82, 2.24) is 9.78 Å². The van der Waals surface area contributed by atoms with Gasteiger partial charge in [0.15, 0.2) is 0 Å². The maximum absolute atomic E-state index is 13.6. The molecule has 2 aromatic carbocycles. The Labute approximate surface area is 134 Å². The number of aryl methyl sites for hydroxylation is 1. The Morgan fingerprint density at radius 3 is 2.78 bits per heavy atom. The molecule has 0 saturated heterocycles. The van der Waals surface area contributed by atoms with E-state index in [0.29, 0.717) is 0 Å². The van der Waals surface area contributed by atoms with Crippen molar-refractivity contribution in [1.29, 1.82) is 0 Å². The number of aromatic nitrogens is 2. The third-order valence-electron chi connectivity index (χ3n) is 4.55. The van der Waals surface area contributed by atoms with Crippen LogP contribution in [0.1, 0.15) is 16.7 Å². The molecule has 0 radical (unpaired) electrons. The van der Waals surface area contributed by atoms with Gasteiger partial charge < -0.3 is 5.32 Å². The molecule has 1 N–H and O–H groups in total. The first-order valence-corrected chi connectivity index (χ1v) is 7.83. The molecule has 1 aliphatic rings. The molecule has 0 saturated carbocycles. The first kappa shape index (κ1) is 14.0. The third-order valence-corrected chi connectivity index (χ3v) is 4.55. The van der Waals surface area contributed by atoms with Gasteiger partial charge >= 0.3 is 0 Å². The fraction of sp³-hybridized carbons (Fsp3) is 0.211. The Morgan fingerprint density at radius 1 is 1.13 bits per heavy atom. The zero-order chi connectivity index (χ0) is 16.0. The summed E-state index contributed by atoms with van der Waals surface area (Å²) in [7, 11) is 0. The van der Waals surface area contributed by atoms with Crippen LogP contribution in [-0.2, 0) is 6.42 Å². The highest BCUT2D eigenvalue weighted by Crippen LogP contribution is 2.35. The van der Waals surface area contributed by atoms with Crippen molar-refractivity contribution in [2.45, 2.75) is 20.3 Å². The fourth-order valence-corrected chi connectivity index (χ4v) is 3.18. The van der Waals surface area contributed by atoms with Gasteiger partial charge in [-0.3, -0.25) is 0 Å². The van der Waals surface area contributed by atoms with Crippen molar-refractivity contribution >= 4 is 5.82 Å². The highest BCUT2D eigenvalue weighted by molar-refractivity contribution is 5.73. The highest BCUT2D eigenvalue weighted by atomic mass is 19.1. The Hall–Kier alpha value is -2.62. The number of rotatable bonds is 2. The number of hydrogen-bond donors (Lipinski definition) is 1. The van der Waals surface area contributed by atoms with Crippen molar-refractivity contribution < 1.29 is 4.39 Å². The Kier molecular flexibility index (Phi) is 3.18. The predicted molar refractivity (Wildman–Crippen MR) is 90.6 cm³/mol. The van der Waals surface area contributed by atoms with Gasteiger partial charge in [0, 0.05) is 17.7 Å². The van der Waals surface area contributed by atoms with E-state index in [1.54, 1.807) is 12.1 Å². The van der Waals surface area contributed by atoms with Gasteiger partial charge in [-0.05, 0) is 49.6 Å². The van der Waals surface area contributed by atoms with E-state index in [4.69, 9.17) is 5.10 Å². The lowest BCUT2D eigenvalue weighted by Crippen LogP contribution is -2.06. The summed E-state index contributed by atoms with van der Waals surface area (Å²) in [6.07, 6.45) is 0.909. The van der Waals surface area contributed by atoms with Crippen molar-refractivity contribution in [2.24, 2.45) is 0 Å². The summed E-state index contributed by atoms with van der Waals surface area (Å²) in [4.78, 5) is 0. The van der Waals surface area contributed by atoms with Gasteiger partial charge in [-0.25, -0.2) is 9.07 Å². The van der Waals surface area contributed by atoms with Crippen molar-refractivity contribution in [2.75, 3.05) is 11.9 Å². The molecule has 1 aliphatic heterocycles. The minimum Gasteiger partial charge on any atom is -0.369 e. The second-order valence-corrected chi connectivity index (χ2v) is 5.99. The monoisotopic (exact) mass is 307 g/mol. The standard InChI is InChI=1S/C19H18FN3/c1-12-5-3-8-17(13(12)2)23-19-16(9-10-21-19)18(22-23)14-6-4-7-15(20)11-14/h3-8,11,21H,9-10H2,1-2H3. The summed E-state index contributed by atoms with van der Waals surface area (Å²) < 4.78 is 15.6. The molecule has 0 unspecified atom stereocenters. The summed E-state index contributed by atoms with van der Waals surface area (Å²) in [5.74, 6) is 0.793. The number of nitrogens with zero attached hydrogens (tertiary/aromatic N) is 2. The maximum Gasteiger partial charge on any atom is 0.133 e.